The first-order valence-electron chi connectivity index (χ1n) is 6.31. The van der Waals surface area contributed by atoms with Crippen LogP contribution in [0.2, 0.25) is 0 Å². The van der Waals surface area contributed by atoms with E-state index in [1.165, 1.54) is 4.90 Å². The molecule has 0 atom stereocenters. The molecule has 0 saturated heterocycles. The van der Waals surface area contributed by atoms with E-state index < -0.39 is 0 Å². The summed E-state index contributed by atoms with van der Waals surface area (Å²) in [5.74, 6) is 0.575. The predicted octanol–water partition coefficient (Wildman–Crippen LogP) is 3.73. The van der Waals surface area contributed by atoms with E-state index in [0.29, 0.717) is 0 Å². The van der Waals surface area contributed by atoms with Gasteiger partial charge in [0.25, 0.3) is 5.91 Å². The Morgan fingerprint density at radius 1 is 1.15 bits per heavy atom. The number of rotatable bonds is 5. The quantitative estimate of drug-likeness (QED) is 0.851. The first-order chi connectivity index (χ1) is 9.69. The number of carbonyl (C=O) groups is 1. The molecule has 1 amide bonds. The van der Waals surface area contributed by atoms with Crippen molar-refractivity contribution >= 4 is 23.4 Å². The molecule has 0 aromatic heterocycles. The van der Waals surface area contributed by atoms with E-state index in [9.17, 15) is 4.79 Å². The van der Waals surface area contributed by atoms with E-state index >= 15 is 0 Å². The number of hydrogen-bond donors (Lipinski definition) is 1. The van der Waals surface area contributed by atoms with E-state index in [1.807, 2.05) is 61.7 Å². The molecule has 0 spiro atoms. The molecule has 104 valence electrons. The maximum atomic E-state index is 11.8. The fraction of sp³-hybridized carbons (Fsp3) is 0.188. The molecular formula is C16H17NO2S. The molecule has 2 rings (SSSR count). The predicted molar refractivity (Wildman–Crippen MR) is 83.5 cm³/mol. The highest BCUT2D eigenvalue weighted by Crippen LogP contribution is 2.18. The number of anilines is 1. The molecular weight excluding hydrogens is 270 g/mol. The Morgan fingerprint density at radius 3 is 2.50 bits per heavy atom. The van der Waals surface area contributed by atoms with Gasteiger partial charge in [0.2, 0.25) is 0 Å². The lowest BCUT2D eigenvalue weighted by Crippen LogP contribution is -2.20. The Bertz CT molecular complexity index is 581. The average molecular weight is 287 g/mol. The molecule has 0 aliphatic heterocycles. The minimum atomic E-state index is -0.162. The zero-order valence-corrected chi connectivity index (χ0v) is 12.4. The third-order valence-corrected chi connectivity index (χ3v) is 3.57. The lowest BCUT2D eigenvalue weighted by molar-refractivity contribution is -0.118. The lowest BCUT2D eigenvalue weighted by atomic mass is 10.2. The molecule has 4 heteroatoms. The number of hydrogen-bond acceptors (Lipinski definition) is 3. The summed E-state index contributed by atoms with van der Waals surface area (Å²) in [6, 6.07) is 15.4. The van der Waals surface area contributed by atoms with Crippen LogP contribution in [-0.2, 0) is 4.79 Å². The number of benzene rings is 2. The van der Waals surface area contributed by atoms with Crippen molar-refractivity contribution in [3.63, 3.8) is 0 Å². The van der Waals surface area contributed by atoms with Crippen molar-refractivity contribution in [3.05, 3.63) is 54.1 Å². The van der Waals surface area contributed by atoms with E-state index in [1.54, 1.807) is 11.8 Å². The van der Waals surface area contributed by atoms with Crippen LogP contribution >= 0.6 is 11.8 Å². The standard InChI is InChI=1S/C16H17NO2S/c1-12-5-3-4-6-15(12)19-11-16(18)17-13-7-9-14(20-2)10-8-13/h3-10H,11H2,1-2H3,(H,17,18). The van der Waals surface area contributed by atoms with Crippen LogP contribution in [0.4, 0.5) is 5.69 Å². The van der Waals surface area contributed by atoms with Crippen molar-refractivity contribution in [1.82, 2.24) is 0 Å². The normalized spacial score (nSPS) is 10.1. The monoisotopic (exact) mass is 287 g/mol. The zero-order valence-electron chi connectivity index (χ0n) is 11.6. The van der Waals surface area contributed by atoms with Gasteiger partial charge < -0.3 is 10.1 Å². The Hall–Kier alpha value is -1.94. The van der Waals surface area contributed by atoms with Gasteiger partial charge in [-0.25, -0.2) is 0 Å². The van der Waals surface area contributed by atoms with Crippen LogP contribution in [0.25, 0.3) is 0 Å². The molecule has 0 unspecified atom stereocenters. The van der Waals surface area contributed by atoms with Gasteiger partial charge >= 0.3 is 0 Å². The highest BCUT2D eigenvalue weighted by atomic mass is 32.2. The van der Waals surface area contributed by atoms with E-state index in [-0.39, 0.29) is 12.5 Å². The van der Waals surface area contributed by atoms with Gasteiger partial charge in [0.1, 0.15) is 5.75 Å². The lowest BCUT2D eigenvalue weighted by Gasteiger charge is -2.09. The third kappa shape index (κ3) is 4.03. The number of aryl methyl sites for hydroxylation is 1. The van der Waals surface area contributed by atoms with Gasteiger partial charge in [-0.1, -0.05) is 18.2 Å². The first-order valence-corrected chi connectivity index (χ1v) is 7.54. The number of nitrogens with one attached hydrogen (secondary N) is 1. The molecule has 20 heavy (non-hydrogen) atoms. The molecule has 2 aromatic carbocycles. The fourth-order valence-electron chi connectivity index (χ4n) is 1.73. The molecule has 0 heterocycles. The Balaban J connectivity index is 1.87. The second kappa shape index (κ2) is 7.01. The molecule has 1 N–H and O–H groups in total. The molecule has 2 aromatic rings. The van der Waals surface area contributed by atoms with Crippen LogP contribution in [0.1, 0.15) is 5.56 Å². The van der Waals surface area contributed by atoms with Crippen LogP contribution in [0.3, 0.4) is 0 Å². The van der Waals surface area contributed by atoms with E-state index in [0.717, 1.165) is 17.0 Å². The third-order valence-electron chi connectivity index (χ3n) is 2.83. The molecule has 0 bridgehead atoms. The van der Waals surface area contributed by atoms with Gasteiger partial charge in [0, 0.05) is 10.6 Å². The smallest absolute Gasteiger partial charge is 0.262 e. The van der Waals surface area contributed by atoms with Crippen LogP contribution < -0.4 is 10.1 Å². The number of carbonyl (C=O) groups excluding carboxylic acids is 1. The highest BCUT2D eigenvalue weighted by molar-refractivity contribution is 7.98. The van der Waals surface area contributed by atoms with Crippen LogP contribution in [0.15, 0.2) is 53.4 Å². The second-order valence-electron chi connectivity index (χ2n) is 4.33. The molecule has 0 aliphatic rings. The summed E-state index contributed by atoms with van der Waals surface area (Å²) >= 11 is 1.67. The minimum Gasteiger partial charge on any atom is -0.483 e. The second-order valence-corrected chi connectivity index (χ2v) is 5.21. The van der Waals surface area contributed by atoms with Crippen molar-refractivity contribution in [2.24, 2.45) is 0 Å². The maximum Gasteiger partial charge on any atom is 0.262 e. The van der Waals surface area contributed by atoms with Gasteiger partial charge in [-0.05, 0) is 49.1 Å². The number of para-hydroxylation sites is 1. The summed E-state index contributed by atoms with van der Waals surface area (Å²) in [5, 5.41) is 2.81. The topological polar surface area (TPSA) is 38.3 Å². The van der Waals surface area contributed by atoms with Crippen LogP contribution in [-0.4, -0.2) is 18.8 Å². The molecule has 3 nitrogen and oxygen atoms in total. The molecule has 0 radical (unpaired) electrons. The number of thioether (sulfide) groups is 1. The molecule has 0 aliphatic carbocycles. The summed E-state index contributed by atoms with van der Waals surface area (Å²) in [6.45, 7) is 1.96. The van der Waals surface area contributed by atoms with Crippen LogP contribution in [0, 0.1) is 6.92 Å². The number of ether oxygens (including phenoxy) is 1. The summed E-state index contributed by atoms with van der Waals surface area (Å²) in [7, 11) is 0. The van der Waals surface area contributed by atoms with Gasteiger partial charge in [0.15, 0.2) is 6.61 Å². The zero-order chi connectivity index (χ0) is 14.4. The van der Waals surface area contributed by atoms with Gasteiger partial charge in [-0.15, -0.1) is 11.8 Å². The van der Waals surface area contributed by atoms with Gasteiger partial charge in [-0.3, -0.25) is 4.79 Å². The Kier molecular flexibility index (Phi) is 5.07. The van der Waals surface area contributed by atoms with Crippen molar-refractivity contribution in [2.75, 3.05) is 18.2 Å². The highest BCUT2D eigenvalue weighted by Gasteiger charge is 2.05. The van der Waals surface area contributed by atoms with Crippen molar-refractivity contribution < 1.29 is 9.53 Å². The van der Waals surface area contributed by atoms with Gasteiger partial charge in [0.05, 0.1) is 0 Å². The minimum absolute atomic E-state index is 0.00906. The van der Waals surface area contributed by atoms with E-state index in [2.05, 4.69) is 5.32 Å². The summed E-state index contributed by atoms with van der Waals surface area (Å²) in [5.41, 5.74) is 1.80. The maximum absolute atomic E-state index is 11.8. The Morgan fingerprint density at radius 2 is 1.85 bits per heavy atom. The largest absolute Gasteiger partial charge is 0.483 e. The SMILES string of the molecule is CSc1ccc(NC(=O)COc2ccccc2C)cc1. The summed E-state index contributed by atoms with van der Waals surface area (Å²) in [6.07, 6.45) is 2.02. The number of amides is 1. The van der Waals surface area contributed by atoms with Crippen molar-refractivity contribution in [2.45, 2.75) is 11.8 Å². The molecule has 0 fully saturated rings. The Labute approximate surface area is 123 Å². The van der Waals surface area contributed by atoms with E-state index in [4.69, 9.17) is 4.74 Å². The summed E-state index contributed by atoms with van der Waals surface area (Å²) < 4.78 is 5.50. The van der Waals surface area contributed by atoms with Crippen molar-refractivity contribution in [1.29, 1.82) is 0 Å². The first kappa shape index (κ1) is 14.5. The van der Waals surface area contributed by atoms with Crippen LogP contribution in [0.5, 0.6) is 5.75 Å². The summed E-state index contributed by atoms with van der Waals surface area (Å²) in [4.78, 5) is 13.0. The fourth-order valence-corrected chi connectivity index (χ4v) is 2.14. The molecule has 0 saturated carbocycles. The van der Waals surface area contributed by atoms with Crippen molar-refractivity contribution in [3.8, 4) is 5.75 Å². The van der Waals surface area contributed by atoms with Gasteiger partial charge in [-0.2, -0.15) is 0 Å². The average Bonchev–Trinajstić information content (AvgIpc) is 2.47.